The Balaban J connectivity index is 1.41. The van der Waals surface area contributed by atoms with Gasteiger partial charge in [0, 0.05) is 49.7 Å². The van der Waals surface area contributed by atoms with E-state index in [0.717, 1.165) is 18.7 Å². The lowest BCUT2D eigenvalue weighted by atomic mass is 10.1. The van der Waals surface area contributed by atoms with Crippen LogP contribution in [0.5, 0.6) is 0 Å². The van der Waals surface area contributed by atoms with Crippen LogP contribution in [0.3, 0.4) is 0 Å². The van der Waals surface area contributed by atoms with E-state index in [9.17, 15) is 14.0 Å². The van der Waals surface area contributed by atoms with Crippen LogP contribution in [0, 0.1) is 5.82 Å². The molecule has 148 valence electrons. The molecule has 8 heteroatoms. The van der Waals surface area contributed by atoms with E-state index in [2.05, 4.69) is 21.0 Å². The number of carbonyl (C=O) groups excluding carboxylic acids is 2. The number of halogens is 1. The van der Waals surface area contributed by atoms with Gasteiger partial charge in [-0.2, -0.15) is 5.10 Å². The first kappa shape index (κ1) is 18.8. The highest BCUT2D eigenvalue weighted by Crippen LogP contribution is 2.23. The number of nitrogens with zero attached hydrogens (tertiary/aromatic N) is 2. The van der Waals surface area contributed by atoms with Crippen molar-refractivity contribution in [1.29, 1.82) is 0 Å². The molecule has 0 bridgehead atoms. The second-order valence-electron chi connectivity index (χ2n) is 6.91. The molecule has 1 aliphatic heterocycles. The lowest BCUT2D eigenvalue weighted by Gasteiger charge is -2.08. The normalized spacial score (nSPS) is 12.5. The van der Waals surface area contributed by atoms with E-state index in [1.807, 2.05) is 12.1 Å². The summed E-state index contributed by atoms with van der Waals surface area (Å²) < 4.78 is 15.1. The topological polar surface area (TPSA) is 88.0 Å². The minimum absolute atomic E-state index is 0.0973. The van der Waals surface area contributed by atoms with Crippen molar-refractivity contribution in [1.82, 2.24) is 20.4 Å². The molecule has 0 saturated heterocycles. The molecule has 0 fully saturated rings. The maximum Gasteiger partial charge on any atom is 0.313 e. The lowest BCUT2D eigenvalue weighted by Crippen LogP contribution is -2.35. The number of carbonyl (C=O) groups is 2. The number of aromatic nitrogens is 2. The molecular formula is C21H20FN5O2. The van der Waals surface area contributed by atoms with Crippen LogP contribution in [0.2, 0.25) is 0 Å². The molecule has 3 aromatic rings. The van der Waals surface area contributed by atoms with Crippen LogP contribution in [0.1, 0.15) is 16.7 Å². The number of aryl methyl sites for hydroxylation is 1. The summed E-state index contributed by atoms with van der Waals surface area (Å²) >= 11 is 0. The van der Waals surface area contributed by atoms with Crippen molar-refractivity contribution in [3.05, 3.63) is 71.2 Å². The first-order valence-electron chi connectivity index (χ1n) is 9.20. The fraction of sp³-hybridized carbons (Fsp3) is 0.190. The summed E-state index contributed by atoms with van der Waals surface area (Å²) in [5.41, 5.74) is 4.72. The van der Waals surface area contributed by atoms with Crippen LogP contribution in [0.4, 0.5) is 10.1 Å². The van der Waals surface area contributed by atoms with Crippen LogP contribution in [-0.2, 0) is 36.3 Å². The van der Waals surface area contributed by atoms with Crippen molar-refractivity contribution < 1.29 is 14.0 Å². The summed E-state index contributed by atoms with van der Waals surface area (Å²) in [4.78, 5) is 24.5. The zero-order valence-electron chi connectivity index (χ0n) is 15.8. The summed E-state index contributed by atoms with van der Waals surface area (Å²) in [5, 5.41) is 12.8. The van der Waals surface area contributed by atoms with Crippen molar-refractivity contribution in [3.8, 4) is 11.3 Å². The minimum Gasteiger partial charge on any atom is -0.344 e. The maximum atomic E-state index is 13.5. The summed E-state index contributed by atoms with van der Waals surface area (Å²) in [7, 11) is 1.74. The molecule has 0 aliphatic carbocycles. The number of fused-ring (bicyclic) bond motifs is 1. The molecule has 2 aromatic carbocycles. The highest BCUT2D eigenvalue weighted by atomic mass is 19.1. The Labute approximate surface area is 166 Å². The molecule has 1 aliphatic rings. The quantitative estimate of drug-likeness (QED) is 0.593. The molecule has 0 unspecified atom stereocenters. The van der Waals surface area contributed by atoms with Crippen molar-refractivity contribution in [2.75, 3.05) is 5.32 Å². The van der Waals surface area contributed by atoms with Crippen molar-refractivity contribution in [2.45, 2.75) is 19.6 Å². The molecule has 1 aromatic heterocycles. The summed E-state index contributed by atoms with van der Waals surface area (Å²) in [5.74, 6) is -1.86. The summed E-state index contributed by atoms with van der Waals surface area (Å²) in [6.07, 6.45) is 1.73. The Bertz CT molecular complexity index is 1090. The largest absolute Gasteiger partial charge is 0.344 e. The third-order valence-corrected chi connectivity index (χ3v) is 4.74. The second kappa shape index (κ2) is 7.84. The first-order chi connectivity index (χ1) is 14.0. The van der Waals surface area contributed by atoms with E-state index in [4.69, 9.17) is 0 Å². The van der Waals surface area contributed by atoms with Crippen LogP contribution >= 0.6 is 0 Å². The van der Waals surface area contributed by atoms with Crippen LogP contribution in [-0.4, -0.2) is 21.6 Å². The van der Waals surface area contributed by atoms with E-state index in [0.29, 0.717) is 22.5 Å². The van der Waals surface area contributed by atoms with Gasteiger partial charge in [0.05, 0.1) is 5.69 Å². The maximum absolute atomic E-state index is 13.5. The van der Waals surface area contributed by atoms with E-state index >= 15 is 0 Å². The number of hydrogen-bond acceptors (Lipinski definition) is 4. The third-order valence-electron chi connectivity index (χ3n) is 4.74. The van der Waals surface area contributed by atoms with Gasteiger partial charge >= 0.3 is 11.8 Å². The summed E-state index contributed by atoms with van der Waals surface area (Å²) in [6.45, 7) is 1.65. The van der Waals surface area contributed by atoms with E-state index < -0.39 is 11.8 Å². The molecule has 0 atom stereocenters. The second-order valence-corrected chi connectivity index (χ2v) is 6.91. The zero-order valence-corrected chi connectivity index (χ0v) is 15.8. The molecule has 0 radical (unpaired) electrons. The average molecular weight is 393 g/mol. The number of anilines is 1. The SMILES string of the molecule is Cn1cc(CNC(=O)C(=O)Nc2ccc3c(c2)CNC3)c(-c2cccc(F)c2)n1. The predicted octanol–water partition coefficient (Wildman–Crippen LogP) is 2.08. The van der Waals surface area contributed by atoms with Gasteiger partial charge in [0.1, 0.15) is 5.82 Å². The number of amides is 2. The Hall–Kier alpha value is -3.52. The Morgan fingerprint density at radius 1 is 1.14 bits per heavy atom. The zero-order chi connectivity index (χ0) is 20.4. The highest BCUT2D eigenvalue weighted by molar-refractivity contribution is 6.39. The predicted molar refractivity (Wildman–Crippen MR) is 106 cm³/mol. The van der Waals surface area contributed by atoms with Crippen LogP contribution in [0.15, 0.2) is 48.7 Å². The standard InChI is InChI=1S/C21H20FN5O2/c1-27-12-16(19(26-27)13-3-2-4-17(22)7-13)11-24-20(28)21(29)25-18-6-5-14-9-23-10-15(14)8-18/h2-8,12,23H,9-11H2,1H3,(H,24,28)(H,25,29). The molecule has 3 N–H and O–H groups in total. The molecular weight excluding hydrogens is 373 g/mol. The van der Waals surface area contributed by atoms with E-state index in [-0.39, 0.29) is 12.4 Å². The van der Waals surface area contributed by atoms with Gasteiger partial charge in [0.2, 0.25) is 0 Å². The number of benzene rings is 2. The molecule has 7 nitrogen and oxygen atoms in total. The van der Waals surface area contributed by atoms with Gasteiger partial charge in [-0.15, -0.1) is 0 Å². The summed E-state index contributed by atoms with van der Waals surface area (Å²) in [6, 6.07) is 11.7. The monoisotopic (exact) mass is 393 g/mol. The fourth-order valence-corrected chi connectivity index (χ4v) is 3.36. The fourth-order valence-electron chi connectivity index (χ4n) is 3.36. The Kier molecular flexibility index (Phi) is 5.09. The van der Waals surface area contributed by atoms with Gasteiger partial charge in [-0.1, -0.05) is 18.2 Å². The Morgan fingerprint density at radius 3 is 2.79 bits per heavy atom. The minimum atomic E-state index is -0.752. The van der Waals surface area contributed by atoms with Gasteiger partial charge in [0.25, 0.3) is 0 Å². The smallest absolute Gasteiger partial charge is 0.313 e. The Morgan fingerprint density at radius 2 is 1.97 bits per heavy atom. The molecule has 2 amide bonds. The van der Waals surface area contributed by atoms with Crippen molar-refractivity contribution in [3.63, 3.8) is 0 Å². The number of nitrogens with one attached hydrogen (secondary N) is 3. The van der Waals surface area contributed by atoms with E-state index in [1.165, 1.54) is 17.7 Å². The van der Waals surface area contributed by atoms with Gasteiger partial charge in [-0.25, -0.2) is 4.39 Å². The van der Waals surface area contributed by atoms with E-state index in [1.54, 1.807) is 36.1 Å². The van der Waals surface area contributed by atoms with Crippen LogP contribution < -0.4 is 16.0 Å². The van der Waals surface area contributed by atoms with Crippen molar-refractivity contribution >= 4 is 17.5 Å². The molecule has 0 spiro atoms. The first-order valence-corrected chi connectivity index (χ1v) is 9.20. The van der Waals surface area contributed by atoms with Crippen molar-refractivity contribution in [2.24, 2.45) is 7.05 Å². The van der Waals surface area contributed by atoms with Gasteiger partial charge in [0.15, 0.2) is 0 Å². The molecule has 29 heavy (non-hydrogen) atoms. The van der Waals surface area contributed by atoms with Crippen LogP contribution in [0.25, 0.3) is 11.3 Å². The number of hydrogen-bond donors (Lipinski definition) is 3. The van der Waals surface area contributed by atoms with Gasteiger partial charge in [-0.05, 0) is 35.4 Å². The lowest BCUT2D eigenvalue weighted by molar-refractivity contribution is -0.136. The third kappa shape index (κ3) is 4.17. The van der Waals surface area contributed by atoms with Gasteiger partial charge in [-0.3, -0.25) is 14.3 Å². The molecule has 0 saturated carbocycles. The van der Waals surface area contributed by atoms with Gasteiger partial charge < -0.3 is 16.0 Å². The molecule has 2 heterocycles. The average Bonchev–Trinajstić information content (AvgIpc) is 3.31. The number of rotatable bonds is 4. The molecule has 4 rings (SSSR count). The highest BCUT2D eigenvalue weighted by Gasteiger charge is 2.17.